The number of amides is 3. The molecule has 0 aliphatic carbocycles. The number of urea groups is 1. The third kappa shape index (κ3) is 4.94. The van der Waals surface area contributed by atoms with E-state index < -0.39 is 11.6 Å². The smallest absolute Gasteiger partial charge is 0.321 e. The third-order valence-corrected chi connectivity index (χ3v) is 6.38. The molecule has 1 aliphatic heterocycles. The lowest BCUT2D eigenvalue weighted by Gasteiger charge is -2.36. The number of piperidine rings is 1. The molecule has 1 aliphatic rings. The van der Waals surface area contributed by atoms with Crippen LogP contribution in [0, 0.1) is 11.6 Å². The van der Waals surface area contributed by atoms with Crippen LogP contribution in [0.5, 0.6) is 0 Å². The van der Waals surface area contributed by atoms with Gasteiger partial charge in [-0.3, -0.25) is 9.78 Å². The van der Waals surface area contributed by atoms with E-state index in [1.54, 1.807) is 24.1 Å². The predicted octanol–water partition coefficient (Wildman–Crippen LogP) is 4.86. The second kappa shape index (κ2) is 9.44. The van der Waals surface area contributed by atoms with Crippen LogP contribution in [0.4, 0.5) is 19.3 Å². The molecule has 0 radical (unpaired) electrons. The normalized spacial score (nSPS) is 14.3. The monoisotopic (exact) mass is 456 g/mol. The lowest BCUT2D eigenvalue weighted by Crippen LogP contribution is -2.48. The van der Waals surface area contributed by atoms with Gasteiger partial charge in [0.2, 0.25) is 0 Å². The average molecular weight is 457 g/mol. The Bertz CT molecular complexity index is 1080. The number of likely N-dealkylation sites (tertiary alicyclic amines) is 1. The highest BCUT2D eigenvalue weighted by molar-refractivity contribution is 7.12. The Morgan fingerprint density at radius 1 is 1.12 bits per heavy atom. The minimum Gasteiger partial charge on any atom is -0.338 e. The number of hydrogen-bond donors (Lipinski definition) is 1. The van der Waals surface area contributed by atoms with Gasteiger partial charge in [-0.15, -0.1) is 11.3 Å². The van der Waals surface area contributed by atoms with E-state index in [1.165, 1.54) is 29.7 Å². The molecule has 166 valence electrons. The Morgan fingerprint density at radius 2 is 1.84 bits per heavy atom. The van der Waals surface area contributed by atoms with Crippen molar-refractivity contribution in [3.63, 3.8) is 0 Å². The Kier molecular flexibility index (Phi) is 6.45. The summed E-state index contributed by atoms with van der Waals surface area (Å²) < 4.78 is 26.8. The number of benzene rings is 1. The minimum atomic E-state index is -0.677. The highest BCUT2D eigenvalue weighted by atomic mass is 32.1. The van der Waals surface area contributed by atoms with E-state index in [2.05, 4.69) is 10.3 Å². The Morgan fingerprint density at radius 3 is 2.44 bits per heavy atom. The van der Waals surface area contributed by atoms with Crippen LogP contribution < -0.4 is 5.32 Å². The molecule has 3 aromatic rings. The molecule has 32 heavy (non-hydrogen) atoms. The number of aromatic nitrogens is 1. The van der Waals surface area contributed by atoms with Crippen LogP contribution in [-0.2, 0) is 0 Å². The van der Waals surface area contributed by atoms with Gasteiger partial charge in [0.1, 0.15) is 11.6 Å². The quantitative estimate of drug-likeness (QED) is 0.610. The molecule has 1 N–H and O–H groups in total. The van der Waals surface area contributed by atoms with E-state index in [-0.39, 0.29) is 18.0 Å². The van der Waals surface area contributed by atoms with Gasteiger partial charge in [-0.25, -0.2) is 13.6 Å². The summed E-state index contributed by atoms with van der Waals surface area (Å²) in [6.07, 6.45) is 2.85. The summed E-state index contributed by atoms with van der Waals surface area (Å²) in [5, 5.41) is 4.68. The van der Waals surface area contributed by atoms with Crippen LogP contribution in [0.25, 0.3) is 11.3 Å². The van der Waals surface area contributed by atoms with Crippen molar-refractivity contribution in [3.05, 3.63) is 70.6 Å². The van der Waals surface area contributed by atoms with Crippen LogP contribution in [0.2, 0.25) is 0 Å². The van der Waals surface area contributed by atoms with E-state index in [1.807, 2.05) is 22.4 Å². The molecule has 3 amide bonds. The molecule has 0 spiro atoms. The number of thiophene rings is 1. The predicted molar refractivity (Wildman–Crippen MR) is 120 cm³/mol. The standard InChI is InChI=1S/C23H22F2N4O2S/c1-28(19-6-8-29(9-7-19)22(30)21-3-2-10-32-21)23(31)27-18-4-5-20(26-14-18)15-11-16(24)13-17(25)12-15/h2-5,10-14,19H,6-9H2,1H3,(H,27,31). The summed E-state index contributed by atoms with van der Waals surface area (Å²) in [7, 11) is 1.73. The van der Waals surface area contributed by atoms with Crippen LogP contribution in [-0.4, -0.2) is 52.9 Å². The SMILES string of the molecule is CN(C(=O)Nc1ccc(-c2cc(F)cc(F)c2)nc1)C1CCN(C(=O)c2cccs2)CC1. The van der Waals surface area contributed by atoms with Crippen molar-refractivity contribution in [1.29, 1.82) is 0 Å². The Hall–Kier alpha value is -3.33. The molecule has 1 fully saturated rings. The first-order chi connectivity index (χ1) is 15.4. The molecule has 6 nitrogen and oxygen atoms in total. The van der Waals surface area contributed by atoms with Crippen molar-refractivity contribution in [2.24, 2.45) is 0 Å². The van der Waals surface area contributed by atoms with E-state index in [0.717, 1.165) is 10.9 Å². The molecule has 9 heteroatoms. The maximum absolute atomic E-state index is 13.4. The highest BCUT2D eigenvalue weighted by Gasteiger charge is 2.28. The molecule has 2 aromatic heterocycles. The van der Waals surface area contributed by atoms with Gasteiger partial charge in [-0.1, -0.05) is 6.07 Å². The molecule has 0 bridgehead atoms. The van der Waals surface area contributed by atoms with Crippen LogP contribution >= 0.6 is 11.3 Å². The number of pyridine rings is 1. The van der Waals surface area contributed by atoms with Gasteiger partial charge in [0, 0.05) is 37.8 Å². The van der Waals surface area contributed by atoms with Gasteiger partial charge in [0.25, 0.3) is 5.91 Å². The first kappa shape index (κ1) is 21.9. The maximum Gasteiger partial charge on any atom is 0.321 e. The van der Waals surface area contributed by atoms with Crippen molar-refractivity contribution in [2.45, 2.75) is 18.9 Å². The second-order valence-electron chi connectivity index (χ2n) is 7.63. The number of nitrogens with one attached hydrogen (secondary N) is 1. The fraction of sp³-hybridized carbons (Fsp3) is 0.261. The van der Waals surface area contributed by atoms with Crippen molar-refractivity contribution in [3.8, 4) is 11.3 Å². The molecule has 4 rings (SSSR count). The molecule has 0 atom stereocenters. The summed E-state index contributed by atoms with van der Waals surface area (Å²) in [4.78, 5) is 33.5. The third-order valence-electron chi connectivity index (χ3n) is 5.52. The van der Waals surface area contributed by atoms with Gasteiger partial charge in [0.05, 0.1) is 22.5 Å². The summed E-state index contributed by atoms with van der Waals surface area (Å²) in [6.45, 7) is 1.19. The summed E-state index contributed by atoms with van der Waals surface area (Å²) >= 11 is 1.43. The van der Waals surface area contributed by atoms with Crippen molar-refractivity contribution in [1.82, 2.24) is 14.8 Å². The van der Waals surface area contributed by atoms with E-state index in [0.29, 0.717) is 42.9 Å². The van der Waals surface area contributed by atoms with Gasteiger partial charge >= 0.3 is 6.03 Å². The zero-order valence-electron chi connectivity index (χ0n) is 17.4. The number of rotatable bonds is 4. The molecule has 3 heterocycles. The number of carbonyl (C=O) groups is 2. The largest absolute Gasteiger partial charge is 0.338 e. The first-order valence-corrected chi connectivity index (χ1v) is 11.1. The minimum absolute atomic E-state index is 0.0184. The number of hydrogen-bond acceptors (Lipinski definition) is 4. The lowest BCUT2D eigenvalue weighted by atomic mass is 10.0. The van der Waals surface area contributed by atoms with E-state index >= 15 is 0 Å². The molecule has 0 saturated carbocycles. The maximum atomic E-state index is 13.4. The average Bonchev–Trinajstić information content (AvgIpc) is 3.33. The molecule has 0 unspecified atom stereocenters. The lowest BCUT2D eigenvalue weighted by molar-refractivity contribution is 0.0676. The van der Waals surface area contributed by atoms with Crippen LogP contribution in [0.15, 0.2) is 54.0 Å². The number of halogens is 2. The van der Waals surface area contributed by atoms with Crippen LogP contribution in [0.3, 0.4) is 0 Å². The molecule has 1 saturated heterocycles. The highest BCUT2D eigenvalue weighted by Crippen LogP contribution is 2.22. The van der Waals surface area contributed by atoms with Gasteiger partial charge in [-0.2, -0.15) is 0 Å². The first-order valence-electron chi connectivity index (χ1n) is 10.2. The van der Waals surface area contributed by atoms with Gasteiger partial charge in [0.15, 0.2) is 0 Å². The zero-order chi connectivity index (χ0) is 22.7. The van der Waals surface area contributed by atoms with Crippen LogP contribution in [0.1, 0.15) is 22.5 Å². The van der Waals surface area contributed by atoms with Gasteiger partial charge in [-0.05, 0) is 48.6 Å². The van der Waals surface area contributed by atoms with Gasteiger partial charge < -0.3 is 15.1 Å². The van der Waals surface area contributed by atoms with E-state index in [9.17, 15) is 18.4 Å². The molecule has 1 aromatic carbocycles. The summed E-state index contributed by atoms with van der Waals surface area (Å²) in [5.74, 6) is -1.32. The summed E-state index contributed by atoms with van der Waals surface area (Å²) in [5.41, 5.74) is 1.20. The second-order valence-corrected chi connectivity index (χ2v) is 8.58. The number of carbonyl (C=O) groups excluding carboxylic acids is 2. The van der Waals surface area contributed by atoms with Crippen molar-refractivity contribution < 1.29 is 18.4 Å². The fourth-order valence-electron chi connectivity index (χ4n) is 3.73. The fourth-order valence-corrected chi connectivity index (χ4v) is 4.42. The number of nitrogens with zero attached hydrogens (tertiary/aromatic N) is 3. The van der Waals surface area contributed by atoms with Crippen molar-refractivity contribution in [2.75, 3.05) is 25.5 Å². The van der Waals surface area contributed by atoms with Crippen molar-refractivity contribution >= 4 is 29.0 Å². The zero-order valence-corrected chi connectivity index (χ0v) is 18.2. The topological polar surface area (TPSA) is 65.5 Å². The molecular formula is C23H22F2N4O2S. The Labute approximate surface area is 188 Å². The van der Waals surface area contributed by atoms with E-state index in [4.69, 9.17) is 0 Å². The Balaban J connectivity index is 1.32. The number of anilines is 1. The molecular weight excluding hydrogens is 434 g/mol. The summed E-state index contributed by atoms with van der Waals surface area (Å²) in [6, 6.07) is 9.86.